The molecule has 10 heteroatoms. The third kappa shape index (κ3) is 5.42. The normalized spacial score (nSPS) is 23.0. The standard InChI is InChI=1S/C38H40BNO7Si/c1-38(2,3)48(28-15-9-5-10-16-28,29-17-11-6-12-18-29)45-24-25-21-31-34(37(43)40(36(31)42)26-13-7-4-8-14-26)30-22-33(47-39(44)35(25)30)32-20-19-27(23-41)46-32/h4-20,30-31,33-34,41,44H,21-24H2,1-3H3/t30-,31-,33-,34+/m0/s1. The van der Waals surface area contributed by atoms with Crippen LogP contribution in [0.3, 0.4) is 0 Å². The summed E-state index contributed by atoms with van der Waals surface area (Å²) in [6.07, 6.45) is -0.0558. The Morgan fingerprint density at radius 1 is 0.854 bits per heavy atom. The van der Waals surface area contributed by atoms with Crippen LogP contribution in [-0.4, -0.2) is 44.0 Å². The Morgan fingerprint density at radius 3 is 2.02 bits per heavy atom. The lowest BCUT2D eigenvalue weighted by molar-refractivity contribution is -0.123. The molecule has 4 aromatic rings. The van der Waals surface area contributed by atoms with Crippen molar-refractivity contribution in [3.63, 3.8) is 0 Å². The minimum Gasteiger partial charge on any atom is -0.461 e. The second-order valence-electron chi connectivity index (χ2n) is 14.0. The van der Waals surface area contributed by atoms with Crippen LogP contribution in [0.1, 0.15) is 51.2 Å². The van der Waals surface area contributed by atoms with Crippen LogP contribution in [0, 0.1) is 17.8 Å². The lowest BCUT2D eigenvalue weighted by Crippen LogP contribution is -2.66. The van der Waals surface area contributed by atoms with Crippen molar-refractivity contribution >= 4 is 43.3 Å². The van der Waals surface area contributed by atoms with Gasteiger partial charge in [0.2, 0.25) is 11.8 Å². The van der Waals surface area contributed by atoms with Gasteiger partial charge in [-0.25, -0.2) is 0 Å². The molecule has 2 N–H and O–H groups in total. The van der Waals surface area contributed by atoms with E-state index >= 15 is 0 Å². The molecule has 2 saturated heterocycles. The fourth-order valence-corrected chi connectivity index (χ4v) is 12.7. The summed E-state index contributed by atoms with van der Waals surface area (Å²) in [5, 5.41) is 23.3. The van der Waals surface area contributed by atoms with Crippen LogP contribution >= 0.6 is 0 Å². The van der Waals surface area contributed by atoms with Gasteiger partial charge >= 0.3 is 7.12 Å². The van der Waals surface area contributed by atoms with Gasteiger partial charge in [-0.15, -0.1) is 0 Å². The lowest BCUT2D eigenvalue weighted by Gasteiger charge is -2.45. The van der Waals surface area contributed by atoms with Crippen LogP contribution in [0.25, 0.3) is 0 Å². The molecule has 2 aliphatic heterocycles. The third-order valence-electron chi connectivity index (χ3n) is 10.3. The number of carbonyl (C=O) groups is 2. The average Bonchev–Trinajstić information content (AvgIpc) is 3.68. The molecule has 8 nitrogen and oxygen atoms in total. The molecule has 48 heavy (non-hydrogen) atoms. The Morgan fingerprint density at radius 2 is 1.46 bits per heavy atom. The number of rotatable bonds is 8. The number of furan rings is 1. The SMILES string of the molecule is CC(C)(C)[Si](OCC1=C2B(O)O[C@H](c3ccc(CO)o3)C[C@H]2[C@H]2C(=O)N(c3ccccc3)C(=O)[C@H]2C1)(c1ccccc1)c1ccccc1. The van der Waals surface area contributed by atoms with Gasteiger partial charge in [-0.1, -0.05) is 99.6 Å². The Balaban J connectivity index is 1.32. The topological polar surface area (TPSA) is 109 Å². The van der Waals surface area contributed by atoms with Crippen molar-refractivity contribution in [1.82, 2.24) is 0 Å². The maximum Gasteiger partial charge on any atom is 0.487 e. The zero-order valence-corrected chi connectivity index (χ0v) is 28.4. The molecule has 0 bridgehead atoms. The second-order valence-corrected chi connectivity index (χ2v) is 18.3. The Kier molecular flexibility index (Phi) is 8.64. The molecule has 3 aromatic carbocycles. The van der Waals surface area contributed by atoms with Gasteiger partial charge in [0.15, 0.2) is 0 Å². The summed E-state index contributed by atoms with van der Waals surface area (Å²) >= 11 is 0. The highest BCUT2D eigenvalue weighted by molar-refractivity contribution is 6.99. The molecule has 2 amide bonds. The van der Waals surface area contributed by atoms with Gasteiger partial charge in [-0.05, 0) is 69.5 Å². The average molecular weight is 662 g/mol. The Hall–Kier alpha value is -4.06. The van der Waals surface area contributed by atoms with Gasteiger partial charge < -0.3 is 23.6 Å². The van der Waals surface area contributed by atoms with E-state index in [2.05, 4.69) is 45.0 Å². The van der Waals surface area contributed by atoms with E-state index < -0.39 is 39.3 Å². The van der Waals surface area contributed by atoms with Crippen molar-refractivity contribution in [1.29, 1.82) is 0 Å². The van der Waals surface area contributed by atoms with Crippen molar-refractivity contribution in [3.8, 4) is 0 Å². The number of amides is 2. The van der Waals surface area contributed by atoms with E-state index in [1.807, 2.05) is 54.6 Å². The van der Waals surface area contributed by atoms with E-state index in [1.165, 1.54) is 4.90 Å². The zero-order valence-electron chi connectivity index (χ0n) is 27.4. The van der Waals surface area contributed by atoms with Crippen LogP contribution in [0.5, 0.6) is 0 Å². The number of hydrogen-bond acceptors (Lipinski definition) is 7. The maximum atomic E-state index is 14.2. The van der Waals surface area contributed by atoms with Crippen molar-refractivity contribution < 1.29 is 33.2 Å². The number of nitrogens with zero attached hydrogens (tertiary/aromatic N) is 1. The van der Waals surface area contributed by atoms with Crippen molar-refractivity contribution in [2.24, 2.45) is 17.8 Å². The molecule has 0 spiro atoms. The van der Waals surface area contributed by atoms with Gasteiger partial charge in [0, 0.05) is 0 Å². The van der Waals surface area contributed by atoms with E-state index in [0.717, 1.165) is 15.9 Å². The van der Waals surface area contributed by atoms with Gasteiger partial charge in [0.25, 0.3) is 8.32 Å². The first-order chi connectivity index (χ1) is 23.1. The number of para-hydroxylation sites is 1. The Bertz CT molecular complexity index is 1780. The summed E-state index contributed by atoms with van der Waals surface area (Å²) in [6, 6.07) is 33.1. The highest BCUT2D eigenvalue weighted by Gasteiger charge is 2.59. The van der Waals surface area contributed by atoms with Gasteiger partial charge in [-0.2, -0.15) is 0 Å². The maximum absolute atomic E-state index is 14.2. The number of carbonyl (C=O) groups excluding carboxylic acids is 2. The first-order valence-electron chi connectivity index (χ1n) is 16.6. The highest BCUT2D eigenvalue weighted by atomic mass is 28.4. The van der Waals surface area contributed by atoms with E-state index in [-0.39, 0.29) is 36.5 Å². The van der Waals surface area contributed by atoms with Crippen LogP contribution in [-0.2, 0) is 25.3 Å². The van der Waals surface area contributed by atoms with Gasteiger partial charge in [0.1, 0.15) is 24.2 Å². The van der Waals surface area contributed by atoms with Crippen LogP contribution in [0.2, 0.25) is 5.04 Å². The molecule has 4 atom stereocenters. The lowest BCUT2D eigenvalue weighted by atomic mass is 9.55. The number of aliphatic hydroxyl groups is 1. The highest BCUT2D eigenvalue weighted by Crippen LogP contribution is 2.52. The first-order valence-corrected chi connectivity index (χ1v) is 18.5. The van der Waals surface area contributed by atoms with E-state index in [0.29, 0.717) is 29.1 Å². The number of allylic oxidation sites excluding steroid dienone is 1. The minimum absolute atomic E-state index is 0.176. The van der Waals surface area contributed by atoms with Crippen molar-refractivity contribution in [2.45, 2.75) is 51.4 Å². The Labute approximate surface area is 282 Å². The van der Waals surface area contributed by atoms with Crippen molar-refractivity contribution in [3.05, 3.63) is 126 Å². The summed E-state index contributed by atoms with van der Waals surface area (Å²) in [5.41, 5.74) is 1.96. The number of imide groups is 1. The minimum atomic E-state index is -2.97. The summed E-state index contributed by atoms with van der Waals surface area (Å²) in [4.78, 5) is 29.7. The number of anilines is 1. The van der Waals surface area contributed by atoms with E-state index in [4.69, 9.17) is 13.5 Å². The number of hydrogen-bond donors (Lipinski definition) is 2. The third-order valence-corrected chi connectivity index (χ3v) is 15.2. The second kappa shape index (κ2) is 12.8. The molecule has 1 aromatic heterocycles. The smallest absolute Gasteiger partial charge is 0.461 e. The molecule has 3 heterocycles. The fraction of sp³-hybridized carbons (Fsp3) is 0.316. The van der Waals surface area contributed by atoms with Crippen molar-refractivity contribution in [2.75, 3.05) is 11.5 Å². The van der Waals surface area contributed by atoms with E-state index in [1.54, 1.807) is 24.3 Å². The molecule has 0 radical (unpaired) electrons. The molecule has 2 fully saturated rings. The molecule has 246 valence electrons. The monoisotopic (exact) mass is 661 g/mol. The van der Waals surface area contributed by atoms with Gasteiger partial charge in [-0.3, -0.25) is 14.5 Å². The number of fused-ring (bicyclic) bond motifs is 3. The molecule has 1 aliphatic carbocycles. The first kappa shape index (κ1) is 32.5. The number of aliphatic hydroxyl groups excluding tert-OH is 1. The summed E-state index contributed by atoms with van der Waals surface area (Å²) in [5.74, 6) is -1.43. The molecular formula is C38H40BNO7Si. The predicted molar refractivity (Wildman–Crippen MR) is 186 cm³/mol. The number of benzene rings is 3. The largest absolute Gasteiger partial charge is 0.487 e. The molecule has 0 unspecified atom stereocenters. The molecule has 3 aliphatic rings. The summed E-state index contributed by atoms with van der Waals surface area (Å²) < 4.78 is 19.3. The molecule has 7 rings (SSSR count). The van der Waals surface area contributed by atoms with E-state index in [9.17, 15) is 19.7 Å². The van der Waals surface area contributed by atoms with Crippen LogP contribution in [0.15, 0.2) is 119 Å². The molecular weight excluding hydrogens is 621 g/mol. The van der Waals surface area contributed by atoms with Crippen LogP contribution < -0.4 is 15.3 Å². The quantitative estimate of drug-likeness (QED) is 0.203. The van der Waals surface area contributed by atoms with Gasteiger partial charge in [0.05, 0.1) is 24.1 Å². The van der Waals surface area contributed by atoms with Crippen LogP contribution in [0.4, 0.5) is 5.69 Å². The predicted octanol–water partition coefficient (Wildman–Crippen LogP) is 4.95. The summed E-state index contributed by atoms with van der Waals surface area (Å²) in [7, 11) is -4.30. The fourth-order valence-electron chi connectivity index (χ4n) is 8.17. The molecule has 0 saturated carbocycles. The summed E-state index contributed by atoms with van der Waals surface area (Å²) in [6.45, 7) is 6.54. The zero-order chi connectivity index (χ0) is 33.6.